The van der Waals surface area contributed by atoms with Crippen LogP contribution in [0, 0.1) is 17.8 Å². The molecule has 0 spiro atoms. The van der Waals surface area contributed by atoms with Crippen molar-refractivity contribution in [3.8, 4) is 0 Å². The lowest BCUT2D eigenvalue weighted by atomic mass is 9.95. The smallest absolute Gasteiger partial charge is 0.252 e. The van der Waals surface area contributed by atoms with E-state index < -0.39 is 0 Å². The molecule has 3 aliphatic rings. The number of aromatic nitrogens is 3. The number of benzene rings is 1. The van der Waals surface area contributed by atoms with Gasteiger partial charge in [0.25, 0.3) is 5.56 Å². The Bertz CT molecular complexity index is 1210. The number of nitrogens with one attached hydrogen (secondary N) is 1. The summed E-state index contributed by atoms with van der Waals surface area (Å²) in [6.07, 6.45) is 8.87. The lowest BCUT2D eigenvalue weighted by Gasteiger charge is -2.33. The van der Waals surface area contributed by atoms with E-state index in [2.05, 4.69) is 27.3 Å². The van der Waals surface area contributed by atoms with E-state index in [0.29, 0.717) is 17.8 Å². The number of piperidine rings is 1. The van der Waals surface area contributed by atoms with Crippen LogP contribution in [0.3, 0.4) is 0 Å². The lowest BCUT2D eigenvalue weighted by Crippen LogP contribution is -2.36. The number of fused-ring (bicyclic) bond motifs is 3. The minimum Gasteiger partial charge on any atom is -0.396 e. The van der Waals surface area contributed by atoms with Gasteiger partial charge in [-0.3, -0.25) is 9.36 Å². The van der Waals surface area contributed by atoms with Gasteiger partial charge in [0.2, 0.25) is 5.95 Å². The van der Waals surface area contributed by atoms with Crippen molar-refractivity contribution in [2.24, 2.45) is 17.8 Å². The predicted molar refractivity (Wildman–Crippen MR) is 130 cm³/mol. The zero-order valence-electron chi connectivity index (χ0n) is 18.9. The molecule has 33 heavy (non-hydrogen) atoms. The third-order valence-electron chi connectivity index (χ3n) is 7.97. The van der Waals surface area contributed by atoms with Crippen molar-refractivity contribution < 1.29 is 5.11 Å². The van der Waals surface area contributed by atoms with Gasteiger partial charge in [-0.05, 0) is 80.2 Å². The Hall–Kier alpha value is -2.93. The molecule has 3 fully saturated rings. The monoisotopic (exact) mass is 445 g/mol. The maximum atomic E-state index is 12.9. The number of nitrogens with zero attached hydrogens (tertiary/aromatic N) is 4. The zero-order chi connectivity index (χ0) is 22.4. The second-order valence-electron chi connectivity index (χ2n) is 10.1. The van der Waals surface area contributed by atoms with Crippen molar-refractivity contribution in [2.45, 2.75) is 44.6 Å². The van der Waals surface area contributed by atoms with Crippen LogP contribution in [0.4, 0.5) is 17.3 Å². The number of hydrogen-bond donors (Lipinski definition) is 2. The Morgan fingerprint density at radius 3 is 2.70 bits per heavy atom. The number of pyridine rings is 1. The third-order valence-corrected chi connectivity index (χ3v) is 7.97. The van der Waals surface area contributed by atoms with Gasteiger partial charge in [-0.15, -0.1) is 0 Å². The number of aliphatic hydroxyl groups is 1. The molecule has 1 aliphatic heterocycles. The van der Waals surface area contributed by atoms with E-state index >= 15 is 0 Å². The summed E-state index contributed by atoms with van der Waals surface area (Å²) in [5.74, 6) is 2.22. The van der Waals surface area contributed by atoms with Crippen LogP contribution in [0.1, 0.15) is 44.6 Å². The van der Waals surface area contributed by atoms with Gasteiger partial charge in [0.15, 0.2) is 0 Å². The summed E-state index contributed by atoms with van der Waals surface area (Å²) in [7, 11) is 0. The van der Waals surface area contributed by atoms with Crippen LogP contribution in [0.5, 0.6) is 0 Å². The van der Waals surface area contributed by atoms with Crippen LogP contribution in [0.2, 0.25) is 0 Å². The molecule has 4 unspecified atom stereocenters. The maximum Gasteiger partial charge on any atom is 0.252 e. The van der Waals surface area contributed by atoms with Gasteiger partial charge in [-0.25, -0.2) is 4.98 Å². The van der Waals surface area contributed by atoms with E-state index in [1.54, 1.807) is 6.07 Å². The third kappa shape index (κ3) is 3.88. The SMILES string of the molecule is O=c1ccc2cnc(Nc3ccc(N4CCCC(CO)C4)cc3)nc2n1C1CC2CCC1C2. The summed E-state index contributed by atoms with van der Waals surface area (Å²) >= 11 is 0. The van der Waals surface area contributed by atoms with Crippen molar-refractivity contribution in [3.05, 3.63) is 52.9 Å². The highest BCUT2D eigenvalue weighted by atomic mass is 16.3. The van der Waals surface area contributed by atoms with Crippen molar-refractivity contribution >= 4 is 28.4 Å². The van der Waals surface area contributed by atoms with Gasteiger partial charge in [0, 0.05) is 54.8 Å². The predicted octanol–water partition coefficient (Wildman–Crippen LogP) is 4.10. The summed E-state index contributed by atoms with van der Waals surface area (Å²) < 4.78 is 1.93. The molecule has 6 rings (SSSR count). The molecule has 2 aliphatic carbocycles. The molecular weight excluding hydrogens is 414 g/mol. The zero-order valence-corrected chi connectivity index (χ0v) is 18.9. The molecule has 2 N–H and O–H groups in total. The first kappa shape index (κ1) is 20.7. The first-order valence-electron chi connectivity index (χ1n) is 12.3. The molecule has 3 aromatic rings. The van der Waals surface area contributed by atoms with Crippen LogP contribution in [0.25, 0.3) is 11.0 Å². The fourth-order valence-corrected chi connectivity index (χ4v) is 6.28. The van der Waals surface area contributed by atoms with Gasteiger partial charge in [0.1, 0.15) is 5.65 Å². The van der Waals surface area contributed by atoms with E-state index in [1.807, 2.05) is 29.0 Å². The Balaban J connectivity index is 1.25. The molecule has 7 heteroatoms. The first-order valence-corrected chi connectivity index (χ1v) is 12.3. The topological polar surface area (TPSA) is 83.3 Å². The van der Waals surface area contributed by atoms with Gasteiger partial charge in [0.05, 0.1) is 0 Å². The van der Waals surface area contributed by atoms with E-state index in [-0.39, 0.29) is 18.2 Å². The number of rotatable bonds is 5. The van der Waals surface area contributed by atoms with Crippen LogP contribution < -0.4 is 15.8 Å². The molecular formula is C26H31N5O2. The lowest BCUT2D eigenvalue weighted by molar-refractivity contribution is 0.209. The normalized spacial score (nSPS) is 26.8. The fraction of sp³-hybridized carbons (Fsp3) is 0.500. The number of aliphatic hydroxyl groups excluding tert-OH is 1. The Labute approximate surface area is 193 Å². The van der Waals surface area contributed by atoms with Crippen LogP contribution >= 0.6 is 0 Å². The van der Waals surface area contributed by atoms with Crippen LogP contribution in [0.15, 0.2) is 47.4 Å². The molecule has 2 aromatic heterocycles. The van der Waals surface area contributed by atoms with Gasteiger partial charge in [-0.2, -0.15) is 4.98 Å². The maximum absolute atomic E-state index is 12.9. The fourth-order valence-electron chi connectivity index (χ4n) is 6.28. The molecule has 1 aromatic carbocycles. The van der Waals surface area contributed by atoms with E-state index in [4.69, 9.17) is 4.98 Å². The Kier molecular flexibility index (Phi) is 5.29. The Morgan fingerprint density at radius 2 is 1.94 bits per heavy atom. The molecule has 3 heterocycles. The van der Waals surface area contributed by atoms with Crippen molar-refractivity contribution in [1.29, 1.82) is 0 Å². The highest BCUT2D eigenvalue weighted by molar-refractivity contribution is 5.76. The van der Waals surface area contributed by atoms with E-state index in [9.17, 15) is 9.90 Å². The highest BCUT2D eigenvalue weighted by Gasteiger charge is 2.41. The minimum atomic E-state index is 0.0387. The minimum absolute atomic E-state index is 0.0387. The van der Waals surface area contributed by atoms with Crippen LogP contribution in [-0.4, -0.2) is 39.3 Å². The largest absolute Gasteiger partial charge is 0.396 e. The molecule has 2 bridgehead atoms. The molecule has 4 atom stereocenters. The number of hydrogen-bond acceptors (Lipinski definition) is 6. The van der Waals surface area contributed by atoms with Crippen molar-refractivity contribution in [2.75, 3.05) is 29.9 Å². The molecule has 2 saturated carbocycles. The number of anilines is 3. The van der Waals surface area contributed by atoms with Gasteiger partial charge < -0.3 is 15.3 Å². The summed E-state index contributed by atoms with van der Waals surface area (Å²) in [5.41, 5.74) is 2.86. The van der Waals surface area contributed by atoms with Gasteiger partial charge >= 0.3 is 0 Å². The first-order chi connectivity index (χ1) is 16.2. The summed E-state index contributed by atoms with van der Waals surface area (Å²) in [4.78, 5) is 24.5. The molecule has 1 saturated heterocycles. The molecule has 172 valence electrons. The van der Waals surface area contributed by atoms with Crippen molar-refractivity contribution in [1.82, 2.24) is 14.5 Å². The summed E-state index contributed by atoms with van der Waals surface area (Å²) in [6, 6.07) is 12.0. The second-order valence-corrected chi connectivity index (χ2v) is 10.1. The second kappa shape index (κ2) is 8.45. The molecule has 0 amide bonds. The van der Waals surface area contributed by atoms with Crippen LogP contribution in [-0.2, 0) is 0 Å². The Morgan fingerprint density at radius 1 is 1.06 bits per heavy atom. The summed E-state index contributed by atoms with van der Waals surface area (Å²) in [5, 5.41) is 13.7. The summed E-state index contributed by atoms with van der Waals surface area (Å²) in [6.45, 7) is 2.18. The van der Waals surface area contributed by atoms with Gasteiger partial charge in [-0.1, -0.05) is 6.42 Å². The average Bonchev–Trinajstić information content (AvgIpc) is 3.48. The standard InChI is InChI=1S/C26H31N5O2/c32-16-18-2-1-11-30(15-18)22-8-6-21(7-9-22)28-26-27-14-20-5-10-24(33)31(25(20)29-26)23-13-17-3-4-19(23)12-17/h5-10,14,17-19,23,32H,1-4,11-13,15-16H2,(H,27,28,29). The highest BCUT2D eigenvalue weighted by Crippen LogP contribution is 2.50. The van der Waals surface area contributed by atoms with E-state index in [1.165, 1.54) is 24.9 Å². The van der Waals surface area contributed by atoms with Crippen molar-refractivity contribution in [3.63, 3.8) is 0 Å². The molecule has 7 nitrogen and oxygen atoms in total. The van der Waals surface area contributed by atoms with E-state index in [0.717, 1.165) is 55.0 Å². The molecule has 0 radical (unpaired) electrons. The average molecular weight is 446 g/mol. The quantitative estimate of drug-likeness (QED) is 0.615.